The Kier molecular flexibility index (Phi) is 4.58. The molecule has 6 heteroatoms. The van der Waals surface area contributed by atoms with Crippen molar-refractivity contribution in [3.8, 4) is 0 Å². The van der Waals surface area contributed by atoms with E-state index in [1.807, 2.05) is 0 Å². The van der Waals surface area contributed by atoms with Crippen molar-refractivity contribution in [2.24, 2.45) is 0 Å². The highest BCUT2D eigenvalue weighted by Crippen LogP contribution is 2.21. The number of amides is 1. The van der Waals surface area contributed by atoms with Gasteiger partial charge in [0.05, 0.1) is 18.6 Å². The van der Waals surface area contributed by atoms with Gasteiger partial charge in [-0.25, -0.2) is 0 Å². The minimum absolute atomic E-state index is 0.158. The fraction of sp³-hybridized carbons (Fsp3) is 0.333. The highest BCUT2D eigenvalue weighted by Gasteiger charge is 2.11. The van der Waals surface area contributed by atoms with E-state index < -0.39 is 0 Å². The van der Waals surface area contributed by atoms with Crippen molar-refractivity contribution in [3.05, 3.63) is 21.3 Å². The van der Waals surface area contributed by atoms with Crippen LogP contribution in [0, 0.1) is 0 Å². The van der Waals surface area contributed by atoms with Crippen LogP contribution in [0.3, 0.4) is 0 Å². The molecule has 0 spiro atoms. The number of carbonyl (C=O) groups is 2. The highest BCUT2D eigenvalue weighted by atomic mass is 35.5. The summed E-state index contributed by atoms with van der Waals surface area (Å²) in [4.78, 5) is 22.7. The summed E-state index contributed by atoms with van der Waals surface area (Å²) in [5.74, 6) is -0.619. The van der Waals surface area contributed by atoms with E-state index in [2.05, 4.69) is 10.1 Å². The van der Waals surface area contributed by atoms with E-state index >= 15 is 0 Å². The quantitative estimate of drug-likeness (QED) is 0.824. The first kappa shape index (κ1) is 12.0. The maximum absolute atomic E-state index is 11.5. The Labute approximate surface area is 96.2 Å². The predicted octanol–water partition coefficient (Wildman–Crippen LogP) is 1.69. The molecule has 0 atom stereocenters. The van der Waals surface area contributed by atoms with Crippen molar-refractivity contribution < 1.29 is 14.3 Å². The molecule has 0 aliphatic rings. The van der Waals surface area contributed by atoms with Crippen molar-refractivity contribution in [2.45, 2.75) is 6.42 Å². The molecule has 0 aliphatic heterocycles. The van der Waals surface area contributed by atoms with E-state index in [0.717, 1.165) is 0 Å². The number of nitrogens with one attached hydrogen (secondary N) is 1. The maximum atomic E-state index is 11.5. The van der Waals surface area contributed by atoms with Gasteiger partial charge in [0.1, 0.15) is 4.88 Å². The van der Waals surface area contributed by atoms with Crippen LogP contribution < -0.4 is 5.32 Å². The second-order valence-electron chi connectivity index (χ2n) is 2.68. The van der Waals surface area contributed by atoms with Gasteiger partial charge in [-0.15, -0.1) is 11.3 Å². The second-order valence-corrected chi connectivity index (χ2v) is 4.00. The molecule has 4 nitrogen and oxygen atoms in total. The average molecular weight is 248 g/mol. The zero-order valence-corrected chi connectivity index (χ0v) is 9.65. The van der Waals surface area contributed by atoms with Crippen LogP contribution in [0.15, 0.2) is 11.4 Å². The zero-order chi connectivity index (χ0) is 11.3. The normalized spacial score (nSPS) is 9.73. The van der Waals surface area contributed by atoms with Gasteiger partial charge >= 0.3 is 5.97 Å². The number of ether oxygens (including phenoxy) is 1. The molecule has 0 bridgehead atoms. The van der Waals surface area contributed by atoms with Gasteiger partial charge in [-0.2, -0.15) is 0 Å². The Balaban J connectivity index is 2.38. The first-order valence-electron chi connectivity index (χ1n) is 4.23. The molecule has 0 fully saturated rings. The summed E-state index contributed by atoms with van der Waals surface area (Å²) in [7, 11) is 1.31. The third-order valence-electron chi connectivity index (χ3n) is 1.67. The highest BCUT2D eigenvalue weighted by molar-refractivity contribution is 7.12. The van der Waals surface area contributed by atoms with Gasteiger partial charge in [-0.3, -0.25) is 9.59 Å². The summed E-state index contributed by atoms with van der Waals surface area (Å²) in [5, 5.41) is 4.74. The maximum Gasteiger partial charge on any atom is 0.307 e. The summed E-state index contributed by atoms with van der Waals surface area (Å²) in [5.41, 5.74) is 0. The largest absolute Gasteiger partial charge is 0.469 e. The third-order valence-corrected chi connectivity index (χ3v) is 3.01. The minimum atomic E-state index is -0.354. The fourth-order valence-corrected chi connectivity index (χ4v) is 1.97. The van der Waals surface area contributed by atoms with Crippen molar-refractivity contribution in [3.63, 3.8) is 0 Å². The summed E-state index contributed by atoms with van der Waals surface area (Å²) < 4.78 is 4.43. The summed E-state index contributed by atoms with van der Waals surface area (Å²) in [6.07, 6.45) is 0.158. The van der Waals surface area contributed by atoms with E-state index in [4.69, 9.17) is 11.6 Å². The van der Waals surface area contributed by atoms with E-state index in [9.17, 15) is 9.59 Å². The molecule has 1 N–H and O–H groups in total. The van der Waals surface area contributed by atoms with Crippen LogP contribution in [-0.2, 0) is 9.53 Å². The molecule has 1 heterocycles. The first-order chi connectivity index (χ1) is 7.15. The van der Waals surface area contributed by atoms with Crippen LogP contribution >= 0.6 is 22.9 Å². The first-order valence-corrected chi connectivity index (χ1v) is 5.49. The van der Waals surface area contributed by atoms with E-state index in [-0.39, 0.29) is 24.8 Å². The van der Waals surface area contributed by atoms with Gasteiger partial charge in [0.25, 0.3) is 5.91 Å². The average Bonchev–Trinajstić information content (AvgIpc) is 2.64. The van der Waals surface area contributed by atoms with Crippen molar-refractivity contribution in [1.82, 2.24) is 5.32 Å². The molecule has 0 aliphatic carbocycles. The van der Waals surface area contributed by atoms with Gasteiger partial charge < -0.3 is 10.1 Å². The number of methoxy groups -OCH3 is 1. The molecule has 1 amide bonds. The standard InChI is InChI=1S/C9H10ClNO3S/c1-14-7(12)2-4-11-9(13)8-6(10)3-5-15-8/h3,5H,2,4H2,1H3,(H,11,13). The number of esters is 1. The monoisotopic (exact) mass is 247 g/mol. The Morgan fingerprint density at radius 1 is 1.60 bits per heavy atom. The van der Waals surface area contributed by atoms with Gasteiger partial charge in [0.2, 0.25) is 0 Å². The van der Waals surface area contributed by atoms with Crippen LogP contribution in [0.5, 0.6) is 0 Å². The van der Waals surface area contributed by atoms with Crippen LogP contribution in [0.4, 0.5) is 0 Å². The number of thiophene rings is 1. The van der Waals surface area contributed by atoms with Gasteiger partial charge in [-0.05, 0) is 11.4 Å². The van der Waals surface area contributed by atoms with Crippen LogP contribution in [0.1, 0.15) is 16.1 Å². The lowest BCUT2D eigenvalue weighted by Crippen LogP contribution is -2.25. The minimum Gasteiger partial charge on any atom is -0.469 e. The lowest BCUT2D eigenvalue weighted by atomic mass is 10.4. The lowest BCUT2D eigenvalue weighted by Gasteiger charge is -2.02. The molecule has 1 rings (SSSR count). The molecular weight excluding hydrogens is 238 g/mol. The molecule has 1 aromatic heterocycles. The van der Waals surface area contributed by atoms with Gasteiger partial charge in [-0.1, -0.05) is 11.6 Å². The summed E-state index contributed by atoms with van der Waals surface area (Å²) in [6.45, 7) is 0.250. The SMILES string of the molecule is COC(=O)CCNC(=O)c1sccc1Cl. The molecule has 0 radical (unpaired) electrons. The van der Waals surface area contributed by atoms with Crippen molar-refractivity contribution in [2.75, 3.05) is 13.7 Å². The van der Waals surface area contributed by atoms with Gasteiger partial charge in [0.15, 0.2) is 0 Å². The van der Waals surface area contributed by atoms with E-state index in [1.54, 1.807) is 11.4 Å². The smallest absolute Gasteiger partial charge is 0.307 e. The molecular formula is C9H10ClNO3S. The second kappa shape index (κ2) is 5.72. The van der Waals surface area contributed by atoms with Gasteiger partial charge in [0, 0.05) is 6.54 Å². The van der Waals surface area contributed by atoms with E-state index in [0.29, 0.717) is 9.90 Å². The zero-order valence-electron chi connectivity index (χ0n) is 8.08. The number of hydrogen-bond acceptors (Lipinski definition) is 4. The Bertz CT molecular complexity index is 364. The Morgan fingerprint density at radius 3 is 2.87 bits per heavy atom. The Hall–Kier alpha value is -1.07. The number of halogens is 1. The number of carbonyl (C=O) groups excluding carboxylic acids is 2. The molecule has 0 aromatic carbocycles. The third kappa shape index (κ3) is 3.53. The van der Waals surface area contributed by atoms with Crippen molar-refractivity contribution >= 4 is 34.8 Å². The lowest BCUT2D eigenvalue weighted by molar-refractivity contribution is -0.140. The fourth-order valence-electron chi connectivity index (χ4n) is 0.916. The molecule has 82 valence electrons. The number of hydrogen-bond donors (Lipinski definition) is 1. The Morgan fingerprint density at radius 2 is 2.33 bits per heavy atom. The number of rotatable bonds is 4. The molecule has 0 unspecified atom stereocenters. The summed E-state index contributed by atoms with van der Waals surface area (Å²) >= 11 is 7.02. The summed E-state index contributed by atoms with van der Waals surface area (Å²) in [6, 6.07) is 1.65. The van der Waals surface area contributed by atoms with Crippen LogP contribution in [-0.4, -0.2) is 25.5 Å². The van der Waals surface area contributed by atoms with Crippen LogP contribution in [0.25, 0.3) is 0 Å². The molecule has 1 aromatic rings. The van der Waals surface area contributed by atoms with Crippen LogP contribution in [0.2, 0.25) is 5.02 Å². The molecule has 15 heavy (non-hydrogen) atoms. The topological polar surface area (TPSA) is 55.4 Å². The van der Waals surface area contributed by atoms with Crippen molar-refractivity contribution in [1.29, 1.82) is 0 Å². The van der Waals surface area contributed by atoms with E-state index in [1.165, 1.54) is 18.4 Å². The molecule has 0 saturated carbocycles. The molecule has 0 saturated heterocycles. The predicted molar refractivity (Wildman–Crippen MR) is 58.3 cm³/mol.